The number of allylic oxidation sites excluding steroid dienone is 2. The number of aliphatic hydroxyl groups is 1. The molecular weight excluding hydrogens is 248 g/mol. The summed E-state index contributed by atoms with van der Waals surface area (Å²) in [6, 6.07) is 0. The Labute approximate surface area is 111 Å². The molecule has 1 heterocycles. The number of rotatable bonds is 1. The van der Waals surface area contributed by atoms with Gasteiger partial charge in [0.1, 0.15) is 5.76 Å². The SMILES string of the molecule is COC(=O)C1=C(O)C[C@@H]2C=C(C)C[C@H]1C21OCCO1. The number of esters is 1. The molecule has 0 amide bonds. The van der Waals surface area contributed by atoms with Crippen LogP contribution in [0, 0.1) is 11.8 Å². The van der Waals surface area contributed by atoms with Gasteiger partial charge >= 0.3 is 5.97 Å². The molecule has 3 aliphatic rings. The number of carbonyl (C=O) groups excluding carboxylic acids is 1. The van der Waals surface area contributed by atoms with E-state index in [0.717, 1.165) is 0 Å². The minimum atomic E-state index is -0.796. The predicted molar refractivity (Wildman–Crippen MR) is 66.3 cm³/mol. The number of hydrogen-bond donors (Lipinski definition) is 1. The Morgan fingerprint density at radius 1 is 1.42 bits per heavy atom. The third-order valence-corrected chi connectivity index (χ3v) is 4.23. The molecule has 0 aromatic rings. The summed E-state index contributed by atoms with van der Waals surface area (Å²) < 4.78 is 16.5. The lowest BCUT2D eigenvalue weighted by Crippen LogP contribution is -2.52. The van der Waals surface area contributed by atoms with Gasteiger partial charge in [0.05, 0.1) is 31.8 Å². The monoisotopic (exact) mass is 266 g/mol. The Morgan fingerprint density at radius 2 is 2.11 bits per heavy atom. The lowest BCUT2D eigenvalue weighted by atomic mass is 9.67. The van der Waals surface area contributed by atoms with E-state index < -0.39 is 11.8 Å². The zero-order valence-corrected chi connectivity index (χ0v) is 11.1. The van der Waals surface area contributed by atoms with E-state index >= 15 is 0 Å². The van der Waals surface area contributed by atoms with Crippen LogP contribution in [-0.4, -0.2) is 37.2 Å². The second-order valence-corrected chi connectivity index (χ2v) is 5.35. The maximum absolute atomic E-state index is 12.0. The normalized spacial score (nSPS) is 32.4. The number of hydrogen-bond acceptors (Lipinski definition) is 5. The first kappa shape index (κ1) is 12.7. The van der Waals surface area contributed by atoms with Crippen molar-refractivity contribution in [2.24, 2.45) is 11.8 Å². The molecule has 5 nitrogen and oxygen atoms in total. The fraction of sp³-hybridized carbons (Fsp3) is 0.643. The van der Waals surface area contributed by atoms with Crippen LogP contribution in [0.25, 0.3) is 0 Å². The van der Waals surface area contributed by atoms with Gasteiger partial charge in [0.15, 0.2) is 5.79 Å². The van der Waals surface area contributed by atoms with Gasteiger partial charge < -0.3 is 19.3 Å². The maximum Gasteiger partial charge on any atom is 0.337 e. The molecule has 2 aliphatic carbocycles. The minimum Gasteiger partial charge on any atom is -0.512 e. The molecule has 0 unspecified atom stereocenters. The van der Waals surface area contributed by atoms with Crippen LogP contribution in [0.3, 0.4) is 0 Å². The molecule has 1 N–H and O–H groups in total. The molecule has 104 valence electrons. The molecule has 1 saturated heterocycles. The Hall–Kier alpha value is -1.33. The molecule has 0 saturated carbocycles. The van der Waals surface area contributed by atoms with Crippen molar-refractivity contribution in [1.82, 2.24) is 0 Å². The first-order valence-electron chi connectivity index (χ1n) is 6.54. The first-order valence-corrected chi connectivity index (χ1v) is 6.54. The summed E-state index contributed by atoms with van der Waals surface area (Å²) in [6.07, 6.45) is 3.09. The third-order valence-electron chi connectivity index (χ3n) is 4.23. The van der Waals surface area contributed by atoms with Crippen molar-refractivity contribution in [2.45, 2.75) is 25.6 Å². The van der Waals surface area contributed by atoms with Gasteiger partial charge in [-0.1, -0.05) is 11.6 Å². The summed E-state index contributed by atoms with van der Waals surface area (Å²) in [4.78, 5) is 12.0. The number of carbonyl (C=O) groups is 1. The predicted octanol–water partition coefficient (Wildman–Crippen LogP) is 1.70. The number of methoxy groups -OCH3 is 1. The Kier molecular flexibility index (Phi) is 2.91. The largest absolute Gasteiger partial charge is 0.512 e. The van der Waals surface area contributed by atoms with Crippen molar-refractivity contribution in [3.05, 3.63) is 23.0 Å². The second kappa shape index (κ2) is 4.35. The molecule has 1 aliphatic heterocycles. The molecule has 1 spiro atoms. The third kappa shape index (κ3) is 1.72. The maximum atomic E-state index is 12.0. The van der Waals surface area contributed by atoms with Crippen molar-refractivity contribution in [1.29, 1.82) is 0 Å². The van der Waals surface area contributed by atoms with Crippen LogP contribution in [0.4, 0.5) is 0 Å². The average molecular weight is 266 g/mol. The Morgan fingerprint density at radius 3 is 2.74 bits per heavy atom. The fourth-order valence-electron chi connectivity index (χ4n) is 3.50. The van der Waals surface area contributed by atoms with Gasteiger partial charge in [-0.2, -0.15) is 0 Å². The van der Waals surface area contributed by atoms with Crippen LogP contribution in [-0.2, 0) is 19.0 Å². The van der Waals surface area contributed by atoms with Gasteiger partial charge in [0, 0.05) is 12.3 Å². The highest BCUT2D eigenvalue weighted by atomic mass is 16.7. The summed E-state index contributed by atoms with van der Waals surface area (Å²) in [6.45, 7) is 3.07. The molecule has 19 heavy (non-hydrogen) atoms. The number of ether oxygens (including phenoxy) is 3. The van der Waals surface area contributed by atoms with Crippen LogP contribution in [0.2, 0.25) is 0 Å². The van der Waals surface area contributed by atoms with E-state index in [9.17, 15) is 9.90 Å². The molecule has 1 fully saturated rings. The van der Waals surface area contributed by atoms with Gasteiger partial charge in [-0.25, -0.2) is 4.79 Å². The summed E-state index contributed by atoms with van der Waals surface area (Å²) in [7, 11) is 1.32. The highest BCUT2D eigenvalue weighted by Gasteiger charge is 2.58. The van der Waals surface area contributed by atoms with Crippen molar-refractivity contribution < 1.29 is 24.1 Å². The van der Waals surface area contributed by atoms with Crippen molar-refractivity contribution in [2.75, 3.05) is 20.3 Å². The van der Waals surface area contributed by atoms with E-state index in [2.05, 4.69) is 6.08 Å². The van der Waals surface area contributed by atoms with Gasteiger partial charge in [-0.3, -0.25) is 0 Å². The van der Waals surface area contributed by atoms with E-state index in [0.29, 0.717) is 31.6 Å². The van der Waals surface area contributed by atoms with Crippen LogP contribution < -0.4 is 0 Å². The summed E-state index contributed by atoms with van der Waals surface area (Å²) in [5, 5.41) is 10.1. The molecule has 3 rings (SSSR count). The summed E-state index contributed by atoms with van der Waals surface area (Å²) in [5.74, 6) is -1.51. The molecular formula is C14H18O5. The van der Waals surface area contributed by atoms with E-state index in [4.69, 9.17) is 14.2 Å². The van der Waals surface area contributed by atoms with E-state index in [1.165, 1.54) is 12.7 Å². The summed E-state index contributed by atoms with van der Waals surface area (Å²) >= 11 is 0. The molecule has 2 atom stereocenters. The van der Waals surface area contributed by atoms with Crippen LogP contribution >= 0.6 is 0 Å². The zero-order valence-electron chi connectivity index (χ0n) is 11.1. The van der Waals surface area contributed by atoms with Gasteiger partial charge in [-0.05, 0) is 13.3 Å². The quantitative estimate of drug-likeness (QED) is 0.578. The standard InChI is InChI=1S/C14H18O5/c1-8-5-9-7-11(15)12(13(16)17-2)10(6-8)14(9)18-3-4-19-14/h5,9-10,15H,3-4,6-7H2,1-2H3/t9-,10+/m0/s1. The smallest absolute Gasteiger partial charge is 0.337 e. The van der Waals surface area contributed by atoms with Crippen molar-refractivity contribution >= 4 is 5.97 Å². The topological polar surface area (TPSA) is 65.0 Å². The first-order chi connectivity index (χ1) is 9.08. The van der Waals surface area contributed by atoms with Crippen LogP contribution in [0.15, 0.2) is 23.0 Å². The highest BCUT2D eigenvalue weighted by Crippen LogP contribution is 2.52. The van der Waals surface area contributed by atoms with E-state index in [1.54, 1.807) is 0 Å². The van der Waals surface area contributed by atoms with E-state index in [1.807, 2.05) is 6.92 Å². The molecule has 2 bridgehead atoms. The van der Waals surface area contributed by atoms with Gasteiger partial charge in [-0.15, -0.1) is 0 Å². The molecule has 5 heteroatoms. The van der Waals surface area contributed by atoms with Gasteiger partial charge in [0.25, 0.3) is 0 Å². The fourth-order valence-corrected chi connectivity index (χ4v) is 3.50. The summed E-state index contributed by atoms with van der Waals surface area (Å²) in [5.41, 5.74) is 1.50. The highest BCUT2D eigenvalue weighted by molar-refractivity contribution is 5.90. The Bertz CT molecular complexity index is 470. The van der Waals surface area contributed by atoms with Gasteiger partial charge in [0.2, 0.25) is 0 Å². The lowest BCUT2D eigenvalue weighted by molar-refractivity contribution is -0.224. The Balaban J connectivity index is 2.08. The number of aliphatic hydroxyl groups excluding tert-OH is 1. The van der Waals surface area contributed by atoms with E-state index in [-0.39, 0.29) is 17.6 Å². The molecule has 0 radical (unpaired) electrons. The minimum absolute atomic E-state index is 0.0397. The second-order valence-electron chi connectivity index (χ2n) is 5.35. The van der Waals surface area contributed by atoms with Crippen molar-refractivity contribution in [3.63, 3.8) is 0 Å². The zero-order chi connectivity index (χ0) is 13.6. The molecule has 0 aromatic carbocycles. The van der Waals surface area contributed by atoms with Crippen LogP contribution in [0.1, 0.15) is 19.8 Å². The average Bonchev–Trinajstić information content (AvgIpc) is 2.83. The molecule has 0 aromatic heterocycles. The van der Waals surface area contributed by atoms with Crippen molar-refractivity contribution in [3.8, 4) is 0 Å². The lowest BCUT2D eigenvalue weighted by Gasteiger charge is -2.47. The van der Waals surface area contributed by atoms with Crippen LogP contribution in [0.5, 0.6) is 0 Å².